The summed E-state index contributed by atoms with van der Waals surface area (Å²) >= 11 is 0. The van der Waals surface area contributed by atoms with Gasteiger partial charge in [-0.2, -0.15) is 0 Å². The summed E-state index contributed by atoms with van der Waals surface area (Å²) in [6.07, 6.45) is 2.08. The predicted molar refractivity (Wildman–Crippen MR) is 108 cm³/mol. The van der Waals surface area contributed by atoms with Crippen LogP contribution in [0.4, 0.5) is 20.5 Å². The van der Waals surface area contributed by atoms with Crippen LogP contribution in [0.3, 0.4) is 0 Å². The lowest BCUT2D eigenvalue weighted by atomic mass is 10.1. The molecule has 4 rings (SSSR count). The van der Waals surface area contributed by atoms with Gasteiger partial charge in [0, 0.05) is 23.4 Å². The molecule has 31 heavy (non-hydrogen) atoms. The number of carboxylic acids is 1. The van der Waals surface area contributed by atoms with E-state index in [2.05, 4.69) is 25.3 Å². The first-order chi connectivity index (χ1) is 14.7. The van der Waals surface area contributed by atoms with E-state index in [1.54, 1.807) is 13.0 Å². The second-order valence-corrected chi connectivity index (χ2v) is 7.18. The number of nitrogens with one attached hydrogen (secondary N) is 1. The number of aromatic nitrogens is 5. The van der Waals surface area contributed by atoms with Crippen LogP contribution in [0.2, 0.25) is 0 Å². The Kier molecular flexibility index (Phi) is 5.05. The van der Waals surface area contributed by atoms with E-state index in [0.29, 0.717) is 11.3 Å². The van der Waals surface area contributed by atoms with Crippen LogP contribution in [0.5, 0.6) is 0 Å². The van der Waals surface area contributed by atoms with Crippen molar-refractivity contribution >= 4 is 28.8 Å². The average molecular weight is 423 g/mol. The SMILES string of the molecule is Cc1nc2c(F)cc(-c3nc(Nc4ccc(C(=O)[O-])cn4)ncc3F)cc2n1C(C)C. The largest absolute Gasteiger partial charge is 0.545 e. The third-order valence-electron chi connectivity index (χ3n) is 4.70. The molecule has 158 valence electrons. The Morgan fingerprint density at radius 2 is 1.87 bits per heavy atom. The quantitative estimate of drug-likeness (QED) is 0.525. The van der Waals surface area contributed by atoms with E-state index >= 15 is 0 Å². The Bertz CT molecular complexity index is 1300. The topological polar surface area (TPSA) is 109 Å². The van der Waals surface area contributed by atoms with Gasteiger partial charge in [0.25, 0.3) is 0 Å². The minimum absolute atomic E-state index is 0.0131. The number of hydrogen-bond acceptors (Lipinski definition) is 7. The molecule has 0 radical (unpaired) electrons. The van der Waals surface area contributed by atoms with Crippen LogP contribution >= 0.6 is 0 Å². The molecule has 3 heterocycles. The molecular formula is C21H17F2N6O2-. The third-order valence-corrected chi connectivity index (χ3v) is 4.70. The molecule has 1 N–H and O–H groups in total. The van der Waals surface area contributed by atoms with Crippen LogP contribution in [0, 0.1) is 18.6 Å². The van der Waals surface area contributed by atoms with Gasteiger partial charge in [0.1, 0.15) is 22.9 Å². The van der Waals surface area contributed by atoms with Gasteiger partial charge in [-0.3, -0.25) is 0 Å². The molecule has 0 spiro atoms. The first kappa shape index (κ1) is 20.3. The van der Waals surface area contributed by atoms with Crippen LogP contribution in [-0.4, -0.2) is 30.5 Å². The number of nitrogens with zero attached hydrogens (tertiary/aromatic N) is 5. The molecular weight excluding hydrogens is 406 g/mol. The van der Waals surface area contributed by atoms with E-state index in [4.69, 9.17) is 0 Å². The number of anilines is 2. The van der Waals surface area contributed by atoms with Gasteiger partial charge < -0.3 is 19.8 Å². The second kappa shape index (κ2) is 7.71. The number of aryl methyl sites for hydroxylation is 1. The molecule has 0 aliphatic rings. The fourth-order valence-corrected chi connectivity index (χ4v) is 3.39. The van der Waals surface area contributed by atoms with Gasteiger partial charge in [-0.25, -0.2) is 28.7 Å². The number of aromatic carboxylic acids is 1. The highest BCUT2D eigenvalue weighted by molar-refractivity contribution is 5.85. The maximum absolute atomic E-state index is 14.8. The maximum atomic E-state index is 14.8. The van der Waals surface area contributed by atoms with Gasteiger partial charge in [0.05, 0.1) is 17.7 Å². The number of pyridine rings is 1. The van der Waals surface area contributed by atoms with E-state index in [0.717, 1.165) is 12.4 Å². The lowest BCUT2D eigenvalue weighted by Gasteiger charge is -2.12. The summed E-state index contributed by atoms with van der Waals surface area (Å²) in [5.74, 6) is -1.75. The summed E-state index contributed by atoms with van der Waals surface area (Å²) in [4.78, 5) is 27.1. The highest BCUT2D eigenvalue weighted by Gasteiger charge is 2.18. The van der Waals surface area contributed by atoms with Crippen molar-refractivity contribution in [2.24, 2.45) is 0 Å². The minimum atomic E-state index is -1.35. The molecule has 4 aromatic rings. The number of hydrogen-bond donors (Lipinski definition) is 1. The van der Waals surface area contributed by atoms with Crippen LogP contribution in [0.25, 0.3) is 22.3 Å². The maximum Gasteiger partial charge on any atom is 0.229 e. The number of imidazole rings is 1. The molecule has 0 amide bonds. The Hall–Kier alpha value is -3.95. The summed E-state index contributed by atoms with van der Waals surface area (Å²) in [5.41, 5.74) is 0.787. The zero-order chi connectivity index (χ0) is 22.3. The molecule has 0 fully saturated rings. The summed E-state index contributed by atoms with van der Waals surface area (Å²) in [5, 5.41) is 13.6. The van der Waals surface area contributed by atoms with E-state index in [1.165, 1.54) is 18.2 Å². The Morgan fingerprint density at radius 3 is 2.52 bits per heavy atom. The average Bonchev–Trinajstić information content (AvgIpc) is 3.06. The molecule has 0 aliphatic heterocycles. The first-order valence-electron chi connectivity index (χ1n) is 9.40. The molecule has 10 heteroatoms. The number of fused-ring (bicyclic) bond motifs is 1. The Morgan fingerprint density at radius 1 is 1.10 bits per heavy atom. The predicted octanol–water partition coefficient (Wildman–Crippen LogP) is 3.16. The molecule has 3 aromatic heterocycles. The van der Waals surface area contributed by atoms with E-state index in [-0.39, 0.29) is 40.1 Å². The smallest absolute Gasteiger partial charge is 0.229 e. The highest BCUT2D eigenvalue weighted by atomic mass is 19.1. The lowest BCUT2D eigenvalue weighted by Crippen LogP contribution is -2.22. The first-order valence-corrected chi connectivity index (χ1v) is 9.40. The minimum Gasteiger partial charge on any atom is -0.545 e. The number of carboxylic acid groups (broad SMARTS) is 1. The van der Waals surface area contributed by atoms with Gasteiger partial charge in [0.15, 0.2) is 11.6 Å². The van der Waals surface area contributed by atoms with Crippen molar-refractivity contribution < 1.29 is 18.7 Å². The molecule has 0 unspecified atom stereocenters. The molecule has 8 nitrogen and oxygen atoms in total. The fraction of sp³-hybridized carbons (Fsp3) is 0.190. The summed E-state index contributed by atoms with van der Waals surface area (Å²) in [6, 6.07) is 5.55. The highest BCUT2D eigenvalue weighted by Crippen LogP contribution is 2.30. The van der Waals surface area contributed by atoms with E-state index < -0.39 is 17.6 Å². The van der Waals surface area contributed by atoms with Gasteiger partial charge in [0.2, 0.25) is 5.95 Å². The number of carbonyl (C=O) groups excluding carboxylic acids is 1. The van der Waals surface area contributed by atoms with Crippen molar-refractivity contribution in [3.05, 3.63) is 59.7 Å². The van der Waals surface area contributed by atoms with Crippen molar-refractivity contribution in [2.45, 2.75) is 26.8 Å². The molecule has 0 bridgehead atoms. The fourth-order valence-electron chi connectivity index (χ4n) is 3.39. The van der Waals surface area contributed by atoms with E-state index in [9.17, 15) is 18.7 Å². The molecule has 0 saturated heterocycles. The molecule has 0 atom stereocenters. The molecule has 0 aliphatic carbocycles. The monoisotopic (exact) mass is 423 g/mol. The van der Waals surface area contributed by atoms with Crippen LogP contribution in [0.15, 0.2) is 36.7 Å². The van der Waals surface area contributed by atoms with Crippen LogP contribution in [-0.2, 0) is 0 Å². The zero-order valence-corrected chi connectivity index (χ0v) is 16.8. The van der Waals surface area contributed by atoms with Gasteiger partial charge in [-0.1, -0.05) is 0 Å². The van der Waals surface area contributed by atoms with Crippen LogP contribution < -0.4 is 10.4 Å². The van der Waals surface area contributed by atoms with Gasteiger partial charge in [-0.15, -0.1) is 0 Å². The van der Waals surface area contributed by atoms with Crippen LogP contribution in [0.1, 0.15) is 36.1 Å². The molecule has 0 saturated carbocycles. The van der Waals surface area contributed by atoms with Crippen molar-refractivity contribution in [1.82, 2.24) is 24.5 Å². The van der Waals surface area contributed by atoms with Crippen molar-refractivity contribution in [2.75, 3.05) is 5.32 Å². The van der Waals surface area contributed by atoms with E-state index in [1.807, 2.05) is 18.4 Å². The van der Waals surface area contributed by atoms with Gasteiger partial charge >= 0.3 is 0 Å². The third kappa shape index (κ3) is 3.79. The van der Waals surface area contributed by atoms with Gasteiger partial charge in [-0.05, 0) is 45.0 Å². The summed E-state index contributed by atoms with van der Waals surface area (Å²) in [7, 11) is 0. The number of rotatable bonds is 5. The Balaban J connectivity index is 1.75. The number of carbonyl (C=O) groups is 1. The second-order valence-electron chi connectivity index (χ2n) is 7.18. The zero-order valence-electron chi connectivity index (χ0n) is 16.8. The summed E-state index contributed by atoms with van der Waals surface area (Å²) in [6.45, 7) is 5.68. The lowest BCUT2D eigenvalue weighted by molar-refractivity contribution is -0.255. The summed E-state index contributed by atoms with van der Waals surface area (Å²) < 4.78 is 31.2. The number of benzene rings is 1. The standard InChI is InChI=1S/C21H18F2N6O2/c1-10(2)29-11(3)26-19-14(22)6-13(7-16(19)29)18-15(23)9-25-21(28-18)27-17-5-4-12(8-24-17)20(30)31/h4-10H,1-3H3,(H,30,31)(H,24,25,27,28)/p-1. The number of halogens is 2. The van der Waals surface area contributed by atoms with Crippen molar-refractivity contribution in [3.8, 4) is 11.3 Å². The van der Waals surface area contributed by atoms with Crippen molar-refractivity contribution in [3.63, 3.8) is 0 Å². The van der Waals surface area contributed by atoms with Crippen molar-refractivity contribution in [1.29, 1.82) is 0 Å². The molecule has 1 aromatic carbocycles. The Labute approximate surface area is 175 Å². The normalized spacial score (nSPS) is 11.3.